The Labute approximate surface area is 105 Å². The molecule has 94 valence electrons. The summed E-state index contributed by atoms with van der Waals surface area (Å²) in [7, 11) is 0. The molecule has 2 saturated heterocycles. The minimum atomic E-state index is -0.264. The molecular weight excluding hydrogens is 230 g/mol. The van der Waals surface area contributed by atoms with E-state index in [4.69, 9.17) is 0 Å². The normalized spacial score (nSPS) is 27.0. The number of rotatable bonds is 2. The third kappa shape index (κ3) is 1.86. The summed E-state index contributed by atoms with van der Waals surface area (Å²) < 4.78 is 0. The van der Waals surface area contributed by atoms with Gasteiger partial charge in [0.25, 0.3) is 5.91 Å². The van der Waals surface area contributed by atoms with Crippen LogP contribution in [0.25, 0.3) is 0 Å². The molecule has 0 aromatic heterocycles. The first-order valence-corrected chi connectivity index (χ1v) is 6.25. The second kappa shape index (κ2) is 4.42. The number of amides is 3. The molecule has 3 N–H and O–H groups in total. The third-order valence-electron chi connectivity index (χ3n) is 3.62. The van der Waals surface area contributed by atoms with Crippen LogP contribution in [0.3, 0.4) is 0 Å². The van der Waals surface area contributed by atoms with Crippen LogP contribution in [0.4, 0.5) is 4.79 Å². The number of imide groups is 1. The average Bonchev–Trinajstić information content (AvgIpc) is 2.84. The summed E-state index contributed by atoms with van der Waals surface area (Å²) in [6.07, 6.45) is 0.876. The van der Waals surface area contributed by atoms with Crippen LogP contribution in [0.1, 0.15) is 12.0 Å². The van der Waals surface area contributed by atoms with Crippen molar-refractivity contribution in [3.63, 3.8) is 0 Å². The number of nitrogens with two attached hydrogens (primary N) is 1. The maximum atomic E-state index is 12.3. The molecule has 18 heavy (non-hydrogen) atoms. The van der Waals surface area contributed by atoms with Crippen LogP contribution in [-0.2, 0) is 11.3 Å². The van der Waals surface area contributed by atoms with Gasteiger partial charge < -0.3 is 10.6 Å². The smallest absolute Gasteiger partial charge is 0.325 e. The Morgan fingerprint density at radius 1 is 1.28 bits per heavy atom. The Morgan fingerprint density at radius 3 is 2.83 bits per heavy atom. The molecule has 0 bridgehead atoms. The average molecular weight is 246 g/mol. The summed E-state index contributed by atoms with van der Waals surface area (Å²) in [6.45, 7) is 1.25. The van der Waals surface area contributed by atoms with E-state index < -0.39 is 0 Å². The maximum absolute atomic E-state index is 12.3. The lowest BCUT2D eigenvalue weighted by Gasteiger charge is -2.31. The Kier molecular flexibility index (Phi) is 2.76. The van der Waals surface area contributed by atoms with Crippen LogP contribution >= 0.6 is 0 Å². The summed E-state index contributed by atoms with van der Waals surface area (Å²) >= 11 is 0. The lowest BCUT2D eigenvalue weighted by Crippen LogP contribution is -2.92. The van der Waals surface area contributed by atoms with E-state index in [2.05, 4.69) is 5.32 Å². The molecule has 0 saturated carbocycles. The number of nitrogens with zero attached hydrogens (tertiary/aromatic N) is 1. The van der Waals surface area contributed by atoms with Gasteiger partial charge in [-0.3, -0.25) is 9.69 Å². The predicted molar refractivity (Wildman–Crippen MR) is 64.5 cm³/mol. The van der Waals surface area contributed by atoms with Crippen molar-refractivity contribution in [2.75, 3.05) is 6.54 Å². The number of benzene rings is 1. The van der Waals surface area contributed by atoms with Gasteiger partial charge in [-0.05, 0) is 5.56 Å². The van der Waals surface area contributed by atoms with Crippen LogP contribution in [-0.4, -0.2) is 35.5 Å². The molecule has 5 heteroatoms. The summed E-state index contributed by atoms with van der Waals surface area (Å²) in [4.78, 5) is 25.5. The summed E-state index contributed by atoms with van der Waals surface area (Å²) in [6, 6.07) is 9.19. The summed E-state index contributed by atoms with van der Waals surface area (Å²) in [5, 5.41) is 4.93. The van der Waals surface area contributed by atoms with E-state index in [9.17, 15) is 9.59 Å². The van der Waals surface area contributed by atoms with Crippen molar-refractivity contribution >= 4 is 11.9 Å². The number of carbonyl (C=O) groups is 2. The second-order valence-corrected chi connectivity index (χ2v) is 4.80. The lowest BCUT2D eigenvalue weighted by atomic mass is 10.1. The van der Waals surface area contributed by atoms with E-state index in [0.29, 0.717) is 6.54 Å². The fourth-order valence-corrected chi connectivity index (χ4v) is 2.67. The van der Waals surface area contributed by atoms with Crippen LogP contribution < -0.4 is 10.6 Å². The summed E-state index contributed by atoms with van der Waals surface area (Å²) in [5.41, 5.74) is 0.970. The Bertz CT molecular complexity index is 474. The van der Waals surface area contributed by atoms with Crippen molar-refractivity contribution in [2.45, 2.75) is 25.0 Å². The van der Waals surface area contributed by atoms with Crippen molar-refractivity contribution in [3.8, 4) is 0 Å². The zero-order valence-corrected chi connectivity index (χ0v) is 10.0. The molecular formula is C13H16N3O2+. The topological polar surface area (TPSA) is 66.0 Å². The molecule has 0 radical (unpaired) electrons. The molecule has 2 aliphatic heterocycles. The molecule has 2 aliphatic rings. The number of quaternary nitrogens is 1. The van der Waals surface area contributed by atoms with Gasteiger partial charge in [0.05, 0.1) is 19.1 Å². The standard InChI is InChI=1S/C13H15N3O2/c17-12-11-10(6-7-14-11)15-13(18)16(12)8-9-4-2-1-3-5-9/h1-5,10-11,14H,6-8H2,(H,15,18)/p+1/t10-,11+/m1/s1. The molecule has 3 rings (SSSR count). The van der Waals surface area contributed by atoms with Gasteiger partial charge in [-0.1, -0.05) is 30.3 Å². The monoisotopic (exact) mass is 246 g/mol. The van der Waals surface area contributed by atoms with E-state index in [1.165, 1.54) is 4.90 Å². The molecule has 0 unspecified atom stereocenters. The molecule has 2 heterocycles. The first-order valence-electron chi connectivity index (χ1n) is 6.25. The van der Waals surface area contributed by atoms with Crippen LogP contribution in [0.15, 0.2) is 30.3 Å². The van der Waals surface area contributed by atoms with Gasteiger partial charge >= 0.3 is 6.03 Å². The highest BCUT2D eigenvalue weighted by molar-refractivity contribution is 5.99. The molecule has 5 nitrogen and oxygen atoms in total. The van der Waals surface area contributed by atoms with Crippen molar-refractivity contribution in [2.24, 2.45) is 0 Å². The molecule has 0 aliphatic carbocycles. The zero-order chi connectivity index (χ0) is 12.5. The SMILES string of the molecule is O=C1N[C@@H]2CC[NH2+][C@@H]2C(=O)N1Cc1ccccc1. The number of nitrogens with one attached hydrogen (secondary N) is 1. The highest BCUT2D eigenvalue weighted by Gasteiger charge is 2.46. The van der Waals surface area contributed by atoms with Gasteiger partial charge in [-0.25, -0.2) is 4.79 Å². The minimum absolute atomic E-state index is 0.0111. The molecule has 0 spiro atoms. The van der Waals surface area contributed by atoms with E-state index >= 15 is 0 Å². The maximum Gasteiger partial charge on any atom is 0.325 e. The first kappa shape index (κ1) is 11.2. The van der Waals surface area contributed by atoms with Crippen molar-refractivity contribution in [1.82, 2.24) is 10.2 Å². The molecule has 1 aromatic rings. The zero-order valence-electron chi connectivity index (χ0n) is 10.0. The fourth-order valence-electron chi connectivity index (χ4n) is 2.67. The van der Waals surface area contributed by atoms with Crippen molar-refractivity contribution in [1.29, 1.82) is 0 Å². The van der Waals surface area contributed by atoms with Gasteiger partial charge in [0.1, 0.15) is 0 Å². The number of hydrogen-bond acceptors (Lipinski definition) is 2. The number of hydrogen-bond donors (Lipinski definition) is 2. The number of urea groups is 1. The minimum Gasteiger partial charge on any atom is -0.334 e. The van der Waals surface area contributed by atoms with E-state index in [1.807, 2.05) is 35.6 Å². The van der Waals surface area contributed by atoms with Crippen LogP contribution in [0.5, 0.6) is 0 Å². The van der Waals surface area contributed by atoms with Gasteiger partial charge in [0, 0.05) is 6.42 Å². The largest absolute Gasteiger partial charge is 0.334 e. The van der Waals surface area contributed by atoms with E-state index in [-0.39, 0.29) is 24.0 Å². The fraction of sp³-hybridized carbons (Fsp3) is 0.385. The summed E-state index contributed by atoms with van der Waals surface area (Å²) in [5.74, 6) is -0.0647. The van der Waals surface area contributed by atoms with Crippen molar-refractivity contribution in [3.05, 3.63) is 35.9 Å². The molecule has 2 atom stereocenters. The number of fused-ring (bicyclic) bond motifs is 1. The molecule has 1 aromatic carbocycles. The Hall–Kier alpha value is -1.88. The van der Waals surface area contributed by atoms with Crippen LogP contribution in [0.2, 0.25) is 0 Å². The first-order chi connectivity index (χ1) is 8.75. The molecule has 2 fully saturated rings. The third-order valence-corrected chi connectivity index (χ3v) is 3.62. The van der Waals surface area contributed by atoms with Crippen molar-refractivity contribution < 1.29 is 14.9 Å². The Morgan fingerprint density at radius 2 is 2.06 bits per heavy atom. The highest BCUT2D eigenvalue weighted by atomic mass is 16.2. The van der Waals surface area contributed by atoms with Crippen LogP contribution in [0, 0.1) is 0 Å². The van der Waals surface area contributed by atoms with Gasteiger partial charge in [-0.15, -0.1) is 0 Å². The Balaban J connectivity index is 1.79. The van der Waals surface area contributed by atoms with E-state index in [0.717, 1.165) is 18.5 Å². The second-order valence-electron chi connectivity index (χ2n) is 4.80. The van der Waals surface area contributed by atoms with Gasteiger partial charge in [-0.2, -0.15) is 0 Å². The molecule has 3 amide bonds. The van der Waals surface area contributed by atoms with Gasteiger partial charge in [0.2, 0.25) is 0 Å². The number of carbonyl (C=O) groups excluding carboxylic acids is 2. The van der Waals surface area contributed by atoms with E-state index in [1.54, 1.807) is 0 Å². The quantitative estimate of drug-likeness (QED) is 0.735. The lowest BCUT2D eigenvalue weighted by molar-refractivity contribution is -0.659. The predicted octanol–water partition coefficient (Wildman–Crippen LogP) is -0.557. The highest BCUT2D eigenvalue weighted by Crippen LogP contribution is 2.14. The van der Waals surface area contributed by atoms with Gasteiger partial charge in [0.15, 0.2) is 6.04 Å².